The van der Waals surface area contributed by atoms with Gasteiger partial charge in [0.2, 0.25) is 0 Å². The van der Waals surface area contributed by atoms with Crippen molar-refractivity contribution in [1.82, 2.24) is 15.4 Å². The van der Waals surface area contributed by atoms with Gasteiger partial charge in [-0.05, 0) is 11.1 Å². The topological polar surface area (TPSA) is 126 Å². The van der Waals surface area contributed by atoms with E-state index in [0.717, 1.165) is 11.8 Å². The molecule has 0 saturated carbocycles. The lowest BCUT2D eigenvalue weighted by Crippen LogP contribution is -2.52. The molecule has 0 aliphatic carbocycles. The van der Waals surface area contributed by atoms with E-state index < -0.39 is 36.2 Å². The first-order valence-corrected chi connectivity index (χ1v) is 8.45. The summed E-state index contributed by atoms with van der Waals surface area (Å²) in [5.41, 5.74) is 2.95. The molecular formula is C17H20F3N5O3. The van der Waals surface area contributed by atoms with E-state index in [0.29, 0.717) is 18.3 Å². The van der Waals surface area contributed by atoms with Crippen LogP contribution in [0.25, 0.3) is 0 Å². The molecule has 1 aliphatic heterocycles. The molecule has 0 unspecified atom stereocenters. The number of rotatable bonds is 5. The van der Waals surface area contributed by atoms with E-state index in [2.05, 4.69) is 20.7 Å². The first kappa shape index (κ1) is 20.4. The van der Waals surface area contributed by atoms with Crippen LogP contribution in [0.5, 0.6) is 0 Å². The van der Waals surface area contributed by atoms with Crippen LogP contribution in [0.3, 0.4) is 0 Å². The minimum absolute atomic E-state index is 0.121. The number of nitrogens with zero attached hydrogens (tertiary/aromatic N) is 2. The third-order valence-corrected chi connectivity index (χ3v) is 4.39. The van der Waals surface area contributed by atoms with E-state index >= 15 is 0 Å². The average Bonchev–Trinajstić information content (AvgIpc) is 2.66. The molecule has 2 aromatic rings. The van der Waals surface area contributed by atoms with Crippen LogP contribution < -0.4 is 16.6 Å². The van der Waals surface area contributed by atoms with E-state index in [1.807, 2.05) is 0 Å². The molecule has 11 heteroatoms. The normalized spacial score (nSPS) is 25.5. The number of ether oxygens (including phenoxy) is 1. The Morgan fingerprint density at radius 2 is 1.89 bits per heavy atom. The van der Waals surface area contributed by atoms with Gasteiger partial charge in [0.25, 0.3) is 0 Å². The lowest BCUT2D eigenvalue weighted by Gasteiger charge is -2.39. The molecule has 6 N–H and O–H groups in total. The minimum atomic E-state index is -4.65. The molecule has 2 heterocycles. The van der Waals surface area contributed by atoms with Gasteiger partial charge in [0, 0.05) is 6.54 Å². The lowest BCUT2D eigenvalue weighted by molar-refractivity contribution is -0.141. The number of aliphatic hydroxyl groups is 2. The monoisotopic (exact) mass is 399 g/mol. The van der Waals surface area contributed by atoms with Crippen molar-refractivity contribution in [1.29, 1.82) is 0 Å². The highest BCUT2D eigenvalue weighted by Gasteiger charge is 2.40. The zero-order valence-electron chi connectivity index (χ0n) is 14.6. The van der Waals surface area contributed by atoms with Crippen molar-refractivity contribution < 1.29 is 28.1 Å². The van der Waals surface area contributed by atoms with Crippen molar-refractivity contribution in [3.8, 4) is 0 Å². The van der Waals surface area contributed by atoms with Gasteiger partial charge in [-0.25, -0.2) is 4.98 Å². The molecule has 0 spiro atoms. The van der Waals surface area contributed by atoms with Gasteiger partial charge in [-0.3, -0.25) is 16.3 Å². The van der Waals surface area contributed by atoms with Gasteiger partial charge in [-0.1, -0.05) is 24.3 Å². The van der Waals surface area contributed by atoms with Gasteiger partial charge < -0.3 is 20.3 Å². The van der Waals surface area contributed by atoms with Crippen LogP contribution in [0.2, 0.25) is 0 Å². The van der Waals surface area contributed by atoms with E-state index in [9.17, 15) is 23.4 Å². The fourth-order valence-corrected chi connectivity index (χ4v) is 2.97. The highest BCUT2D eigenvalue weighted by atomic mass is 19.4. The fourth-order valence-electron chi connectivity index (χ4n) is 2.97. The lowest BCUT2D eigenvalue weighted by atomic mass is 9.91. The van der Waals surface area contributed by atoms with Crippen molar-refractivity contribution >= 4 is 5.82 Å². The second-order valence-corrected chi connectivity index (χ2v) is 6.39. The van der Waals surface area contributed by atoms with Gasteiger partial charge in [-0.2, -0.15) is 13.2 Å². The van der Waals surface area contributed by atoms with Crippen LogP contribution >= 0.6 is 0 Å². The summed E-state index contributed by atoms with van der Waals surface area (Å²) in [6, 6.07) is 6.18. The van der Waals surface area contributed by atoms with Crippen molar-refractivity contribution in [2.24, 2.45) is 5.84 Å². The summed E-state index contributed by atoms with van der Waals surface area (Å²) in [6.45, 7) is 0.332. The molecular weight excluding hydrogens is 379 g/mol. The molecule has 1 saturated heterocycles. The number of hydrazine groups is 1. The Bertz CT molecular complexity index is 790. The Balaban J connectivity index is 1.86. The first-order chi connectivity index (χ1) is 13.3. The summed E-state index contributed by atoms with van der Waals surface area (Å²) in [4.78, 5) is 7.04. The molecule has 0 bridgehead atoms. The largest absolute Gasteiger partial charge is 0.434 e. The molecule has 0 radical (unpaired) electrons. The predicted molar refractivity (Wildman–Crippen MR) is 92.6 cm³/mol. The van der Waals surface area contributed by atoms with Gasteiger partial charge in [0.15, 0.2) is 5.69 Å². The van der Waals surface area contributed by atoms with Crippen molar-refractivity contribution in [3.63, 3.8) is 0 Å². The second-order valence-electron chi connectivity index (χ2n) is 6.39. The highest BCUT2D eigenvalue weighted by Crippen LogP contribution is 2.32. The van der Waals surface area contributed by atoms with E-state index in [4.69, 9.17) is 10.6 Å². The highest BCUT2D eigenvalue weighted by molar-refractivity contribution is 5.37. The summed E-state index contributed by atoms with van der Waals surface area (Å²) in [6.07, 6.45) is -6.16. The number of benzene rings is 1. The predicted octanol–water partition coefficient (Wildman–Crippen LogP) is 0.732. The number of alkyl halides is 3. The standard InChI is InChI=1S/C17H20F3N5O3/c18-17(19,20)12-6-22-7-13(24-12)25-14-15(27)11(26)8-28-16(14)10-3-1-9(2-4-10)5-23-21/h1-4,6-7,11,14-16,23,26-27H,5,8,21H2,(H,24,25)/t11-,14+,15-,16+/m0/s1. The minimum Gasteiger partial charge on any atom is -0.388 e. The number of nitrogens with one attached hydrogen (secondary N) is 2. The summed E-state index contributed by atoms with van der Waals surface area (Å²) in [5, 5.41) is 23.1. The molecule has 1 aliphatic rings. The van der Waals surface area contributed by atoms with Crippen LogP contribution in [-0.2, 0) is 17.5 Å². The molecule has 8 nitrogen and oxygen atoms in total. The SMILES string of the molecule is NNCc1ccc([C@H]2OC[C@H](O)[C@H](O)[C@H]2Nc2cncc(C(F)(F)F)n2)cc1. The van der Waals surface area contributed by atoms with Crippen molar-refractivity contribution in [2.45, 2.75) is 37.1 Å². The number of nitrogens with two attached hydrogens (primary N) is 1. The summed E-state index contributed by atoms with van der Waals surface area (Å²) < 4.78 is 44.3. The number of hydrogen-bond donors (Lipinski definition) is 5. The number of halogens is 3. The maximum atomic E-state index is 12.9. The van der Waals surface area contributed by atoms with Gasteiger partial charge >= 0.3 is 6.18 Å². The first-order valence-electron chi connectivity index (χ1n) is 8.45. The summed E-state index contributed by atoms with van der Waals surface area (Å²) in [7, 11) is 0. The Morgan fingerprint density at radius 3 is 2.54 bits per heavy atom. The molecule has 1 aromatic heterocycles. The Kier molecular flexibility index (Phi) is 6.10. The summed E-state index contributed by atoms with van der Waals surface area (Å²) in [5.74, 6) is 5.10. The van der Waals surface area contributed by atoms with Crippen molar-refractivity contribution in [2.75, 3.05) is 11.9 Å². The van der Waals surface area contributed by atoms with Crippen LogP contribution in [0, 0.1) is 0 Å². The molecule has 1 aromatic carbocycles. The molecule has 0 amide bonds. The zero-order chi connectivity index (χ0) is 20.3. The number of aromatic nitrogens is 2. The van der Waals surface area contributed by atoms with Crippen LogP contribution in [0.1, 0.15) is 22.9 Å². The van der Waals surface area contributed by atoms with Crippen LogP contribution in [0.4, 0.5) is 19.0 Å². The number of aliphatic hydroxyl groups excluding tert-OH is 2. The summed E-state index contributed by atoms with van der Waals surface area (Å²) >= 11 is 0. The van der Waals surface area contributed by atoms with Gasteiger partial charge in [-0.15, -0.1) is 0 Å². The quantitative estimate of drug-likeness (QED) is 0.368. The Hall–Kier alpha value is -2.31. The van der Waals surface area contributed by atoms with Gasteiger partial charge in [0.05, 0.1) is 25.0 Å². The van der Waals surface area contributed by atoms with E-state index in [1.165, 1.54) is 0 Å². The maximum Gasteiger partial charge on any atom is 0.434 e. The average molecular weight is 399 g/mol. The van der Waals surface area contributed by atoms with Crippen LogP contribution in [-0.4, -0.2) is 45.0 Å². The number of hydrogen-bond acceptors (Lipinski definition) is 8. The second kappa shape index (κ2) is 8.37. The van der Waals surface area contributed by atoms with E-state index in [1.54, 1.807) is 24.3 Å². The van der Waals surface area contributed by atoms with E-state index in [-0.39, 0.29) is 12.4 Å². The Morgan fingerprint density at radius 1 is 1.18 bits per heavy atom. The smallest absolute Gasteiger partial charge is 0.388 e. The molecule has 4 atom stereocenters. The maximum absolute atomic E-state index is 12.9. The zero-order valence-corrected chi connectivity index (χ0v) is 14.6. The molecule has 1 fully saturated rings. The van der Waals surface area contributed by atoms with Crippen LogP contribution in [0.15, 0.2) is 36.7 Å². The molecule has 152 valence electrons. The fraction of sp³-hybridized carbons (Fsp3) is 0.412. The Labute approximate surface area is 158 Å². The number of anilines is 1. The molecule has 28 heavy (non-hydrogen) atoms. The third kappa shape index (κ3) is 4.56. The third-order valence-electron chi connectivity index (χ3n) is 4.39. The van der Waals surface area contributed by atoms with Gasteiger partial charge in [0.1, 0.15) is 24.1 Å². The molecule has 3 rings (SSSR count). The van der Waals surface area contributed by atoms with Crippen molar-refractivity contribution in [3.05, 3.63) is 53.5 Å².